The monoisotopic (exact) mass is 306 g/mol. The Balaban J connectivity index is 1.72. The molecule has 0 radical (unpaired) electrons. The summed E-state index contributed by atoms with van der Waals surface area (Å²) in [7, 11) is 2.02. The molecule has 2 aromatic heterocycles. The number of rotatable bonds is 2. The van der Waals surface area contributed by atoms with Crippen LogP contribution in [0.3, 0.4) is 0 Å². The van der Waals surface area contributed by atoms with Crippen LogP contribution in [-0.4, -0.2) is 31.9 Å². The Morgan fingerprint density at radius 2 is 2.00 bits per heavy atom. The number of hydrogen-bond acceptors (Lipinski definition) is 3. The largest absolute Gasteiger partial charge is 0.329 e. The minimum absolute atomic E-state index is 0.0137. The van der Waals surface area contributed by atoms with Gasteiger partial charge in [-0.3, -0.25) is 9.78 Å². The number of carbonyl (C=O) groups excluding carboxylic acids is 1. The van der Waals surface area contributed by atoms with Crippen molar-refractivity contribution in [3.63, 3.8) is 0 Å². The maximum atomic E-state index is 12.8. The Hall–Kier alpha value is -2.69. The highest BCUT2D eigenvalue weighted by Gasteiger charge is 2.34. The third-order valence-corrected chi connectivity index (χ3v) is 4.52. The van der Waals surface area contributed by atoms with Crippen LogP contribution in [-0.2, 0) is 7.05 Å². The van der Waals surface area contributed by atoms with Crippen LogP contribution < -0.4 is 0 Å². The summed E-state index contributed by atoms with van der Waals surface area (Å²) in [5.41, 5.74) is 2.57. The first-order valence-corrected chi connectivity index (χ1v) is 7.89. The Kier molecular flexibility index (Phi) is 3.33. The molecule has 1 aromatic carbocycles. The molecule has 3 aromatic rings. The van der Waals surface area contributed by atoms with Crippen molar-refractivity contribution in [1.29, 1.82) is 0 Å². The molecule has 0 bridgehead atoms. The molecule has 3 heterocycles. The number of para-hydroxylation sites is 2. The van der Waals surface area contributed by atoms with E-state index in [2.05, 4.69) is 15.6 Å². The summed E-state index contributed by atoms with van der Waals surface area (Å²) >= 11 is 0. The van der Waals surface area contributed by atoms with E-state index in [1.165, 1.54) is 0 Å². The van der Waals surface area contributed by atoms with Crippen LogP contribution in [0, 0.1) is 0 Å². The Labute approximate surface area is 134 Å². The molecule has 116 valence electrons. The summed E-state index contributed by atoms with van der Waals surface area (Å²) in [6.45, 7) is 0.753. The molecule has 5 heteroatoms. The molecule has 1 amide bonds. The van der Waals surface area contributed by atoms with Crippen molar-refractivity contribution >= 4 is 16.9 Å². The van der Waals surface area contributed by atoms with Gasteiger partial charge in [-0.25, -0.2) is 4.98 Å². The quantitative estimate of drug-likeness (QED) is 0.731. The normalized spacial score (nSPS) is 17.8. The van der Waals surface area contributed by atoms with Gasteiger partial charge in [0.2, 0.25) is 0 Å². The number of likely N-dealkylation sites (tertiary alicyclic amines) is 1. The van der Waals surface area contributed by atoms with Crippen LogP contribution >= 0.6 is 0 Å². The summed E-state index contributed by atoms with van der Waals surface area (Å²) in [6.07, 6.45) is 3.59. The highest BCUT2D eigenvalue weighted by molar-refractivity contribution is 5.92. The van der Waals surface area contributed by atoms with Crippen molar-refractivity contribution in [3.8, 4) is 0 Å². The second-order valence-corrected chi connectivity index (χ2v) is 5.89. The van der Waals surface area contributed by atoms with Crippen LogP contribution in [0.5, 0.6) is 0 Å². The van der Waals surface area contributed by atoms with Crippen LogP contribution in [0.4, 0.5) is 0 Å². The van der Waals surface area contributed by atoms with Crippen LogP contribution in [0.2, 0.25) is 0 Å². The number of aryl methyl sites for hydroxylation is 1. The van der Waals surface area contributed by atoms with E-state index in [-0.39, 0.29) is 11.9 Å². The molecule has 1 atom stereocenters. The summed E-state index contributed by atoms with van der Waals surface area (Å²) in [6, 6.07) is 13.5. The zero-order valence-electron chi connectivity index (χ0n) is 13.0. The second-order valence-electron chi connectivity index (χ2n) is 5.89. The average Bonchev–Trinajstić information content (AvgIpc) is 3.20. The van der Waals surface area contributed by atoms with Gasteiger partial charge in [-0.1, -0.05) is 18.2 Å². The van der Waals surface area contributed by atoms with Gasteiger partial charge in [-0.2, -0.15) is 0 Å². The van der Waals surface area contributed by atoms with Crippen LogP contribution in [0.15, 0.2) is 48.7 Å². The van der Waals surface area contributed by atoms with Gasteiger partial charge in [-0.05, 0) is 37.1 Å². The molecule has 0 saturated carbocycles. The van der Waals surface area contributed by atoms with E-state index >= 15 is 0 Å². The number of pyridine rings is 1. The fourth-order valence-corrected chi connectivity index (χ4v) is 3.38. The Morgan fingerprint density at radius 1 is 1.17 bits per heavy atom. The minimum Gasteiger partial charge on any atom is -0.329 e. The molecule has 0 N–H and O–H groups in total. The first-order valence-electron chi connectivity index (χ1n) is 7.89. The van der Waals surface area contributed by atoms with Crippen molar-refractivity contribution < 1.29 is 4.79 Å². The number of carbonyl (C=O) groups is 1. The van der Waals surface area contributed by atoms with E-state index in [0.717, 1.165) is 36.2 Å². The second kappa shape index (κ2) is 5.50. The molecule has 1 fully saturated rings. The molecule has 0 aliphatic carbocycles. The summed E-state index contributed by atoms with van der Waals surface area (Å²) in [4.78, 5) is 23.7. The molecule has 0 spiro atoms. The van der Waals surface area contributed by atoms with Gasteiger partial charge in [0.05, 0.1) is 17.1 Å². The topological polar surface area (TPSA) is 51.0 Å². The van der Waals surface area contributed by atoms with E-state index in [0.29, 0.717) is 5.69 Å². The Bertz CT molecular complexity index is 856. The summed E-state index contributed by atoms with van der Waals surface area (Å²) < 4.78 is 2.10. The molecule has 23 heavy (non-hydrogen) atoms. The van der Waals surface area contributed by atoms with Crippen LogP contribution in [0.25, 0.3) is 11.0 Å². The molecule has 5 nitrogen and oxygen atoms in total. The lowest BCUT2D eigenvalue weighted by molar-refractivity contribution is 0.0722. The highest BCUT2D eigenvalue weighted by Crippen LogP contribution is 2.33. The van der Waals surface area contributed by atoms with Gasteiger partial charge in [-0.15, -0.1) is 0 Å². The van der Waals surface area contributed by atoms with Crippen LogP contribution in [0.1, 0.15) is 35.2 Å². The smallest absolute Gasteiger partial charge is 0.273 e. The zero-order valence-corrected chi connectivity index (χ0v) is 13.0. The molecule has 1 aliphatic heterocycles. The van der Waals surface area contributed by atoms with Crippen molar-refractivity contribution in [3.05, 3.63) is 60.2 Å². The fraction of sp³-hybridized carbons (Fsp3) is 0.278. The van der Waals surface area contributed by atoms with Crippen molar-refractivity contribution in [2.24, 2.45) is 7.05 Å². The van der Waals surface area contributed by atoms with Crippen molar-refractivity contribution in [1.82, 2.24) is 19.4 Å². The minimum atomic E-state index is -0.0137. The number of nitrogens with zero attached hydrogens (tertiary/aromatic N) is 4. The van der Waals surface area contributed by atoms with E-state index in [1.54, 1.807) is 12.3 Å². The number of fused-ring (bicyclic) bond motifs is 1. The average molecular weight is 306 g/mol. The first kappa shape index (κ1) is 13.9. The zero-order chi connectivity index (χ0) is 15.8. The number of benzene rings is 1. The number of aromatic nitrogens is 3. The molecule has 0 unspecified atom stereocenters. The maximum absolute atomic E-state index is 12.8. The molecule has 1 aliphatic rings. The lowest BCUT2D eigenvalue weighted by Crippen LogP contribution is -2.32. The lowest BCUT2D eigenvalue weighted by Gasteiger charge is -2.24. The van der Waals surface area contributed by atoms with Crippen molar-refractivity contribution in [2.75, 3.05) is 6.54 Å². The highest BCUT2D eigenvalue weighted by atomic mass is 16.2. The van der Waals surface area contributed by atoms with Crippen molar-refractivity contribution in [2.45, 2.75) is 18.9 Å². The van der Waals surface area contributed by atoms with Gasteiger partial charge >= 0.3 is 0 Å². The van der Waals surface area contributed by atoms with E-state index < -0.39 is 0 Å². The first-order chi connectivity index (χ1) is 11.3. The SMILES string of the molecule is Cn1c([C@@H]2CCCN2C(=O)c2ccccn2)nc2ccccc21. The van der Waals surface area contributed by atoms with Gasteiger partial charge < -0.3 is 9.47 Å². The third-order valence-electron chi connectivity index (χ3n) is 4.52. The maximum Gasteiger partial charge on any atom is 0.273 e. The summed E-state index contributed by atoms with van der Waals surface area (Å²) in [5.74, 6) is 0.938. The molecular weight excluding hydrogens is 288 g/mol. The number of amides is 1. The van der Waals surface area contributed by atoms with Gasteiger partial charge in [0.25, 0.3) is 5.91 Å². The predicted octanol–water partition coefficient (Wildman–Crippen LogP) is 2.95. The third kappa shape index (κ3) is 2.29. The van der Waals surface area contributed by atoms with E-state index in [1.807, 2.05) is 42.3 Å². The number of imidazole rings is 1. The lowest BCUT2D eigenvalue weighted by atomic mass is 10.2. The molecule has 4 rings (SSSR count). The summed E-state index contributed by atoms with van der Waals surface area (Å²) in [5, 5.41) is 0. The Morgan fingerprint density at radius 3 is 2.78 bits per heavy atom. The van der Waals surface area contributed by atoms with E-state index in [4.69, 9.17) is 4.98 Å². The van der Waals surface area contributed by atoms with E-state index in [9.17, 15) is 4.79 Å². The fourth-order valence-electron chi connectivity index (χ4n) is 3.38. The molecular formula is C18H18N4O. The van der Waals surface area contributed by atoms with Gasteiger partial charge in [0, 0.05) is 19.8 Å². The standard InChI is InChI=1S/C18H18N4O/c1-21-15-9-3-2-7-13(15)20-17(21)16-10-6-12-22(16)18(23)14-8-4-5-11-19-14/h2-5,7-9,11,16H,6,10,12H2,1H3/t16-/m0/s1. The predicted molar refractivity (Wildman–Crippen MR) is 88.0 cm³/mol. The van der Waals surface area contributed by atoms with Gasteiger partial charge in [0.1, 0.15) is 11.5 Å². The number of hydrogen-bond donors (Lipinski definition) is 0. The molecule has 1 saturated heterocycles. The van der Waals surface area contributed by atoms with Gasteiger partial charge in [0.15, 0.2) is 0 Å².